The summed E-state index contributed by atoms with van der Waals surface area (Å²) in [6, 6.07) is 6.84. The maximum atomic E-state index is 14.8. The molecule has 1 aliphatic rings. The summed E-state index contributed by atoms with van der Waals surface area (Å²) in [6.07, 6.45) is 8.42. The van der Waals surface area contributed by atoms with Gasteiger partial charge in [0, 0.05) is 43.0 Å². The number of amides is 5. The average molecular weight is 863 g/mol. The summed E-state index contributed by atoms with van der Waals surface area (Å²) in [5, 5.41) is 22.0. The van der Waals surface area contributed by atoms with Gasteiger partial charge in [0.05, 0.1) is 46.5 Å². The number of hydrogen-bond acceptors (Lipinski definition) is 9. The molecule has 0 spiro atoms. The van der Waals surface area contributed by atoms with E-state index >= 15 is 0 Å². The molecule has 61 heavy (non-hydrogen) atoms. The van der Waals surface area contributed by atoms with Crippen molar-refractivity contribution < 1.29 is 60.7 Å². The first-order valence-electron chi connectivity index (χ1n) is 19.5. The maximum Gasteiger partial charge on any atom is 0.278 e. The van der Waals surface area contributed by atoms with Gasteiger partial charge in [-0.05, 0) is 55.3 Å². The minimum atomic E-state index is -2.12. The highest BCUT2D eigenvalue weighted by atomic mass is 19.2. The number of nitrogens with one attached hydrogen (secondary N) is 5. The molecule has 0 aliphatic carbocycles. The van der Waals surface area contributed by atoms with E-state index in [2.05, 4.69) is 37.2 Å². The van der Waals surface area contributed by atoms with Crippen molar-refractivity contribution >= 4 is 40.9 Å². The van der Waals surface area contributed by atoms with Gasteiger partial charge >= 0.3 is 0 Å². The van der Waals surface area contributed by atoms with Crippen molar-refractivity contribution in [3.8, 4) is 12.3 Å². The molecule has 0 aromatic heterocycles. The van der Waals surface area contributed by atoms with Crippen molar-refractivity contribution in [2.75, 3.05) is 59.3 Å². The number of azide groups is 1. The molecule has 0 radical (unpaired) electrons. The van der Waals surface area contributed by atoms with Crippen LogP contribution in [-0.4, -0.2) is 99.3 Å². The molecule has 2 aromatic carbocycles. The molecule has 21 heteroatoms. The minimum Gasteiger partial charge on any atom is -0.355 e. The monoisotopic (exact) mass is 862 g/mol. The van der Waals surface area contributed by atoms with Crippen LogP contribution in [0, 0.1) is 41.0 Å². The molecule has 2 aromatic rings. The summed E-state index contributed by atoms with van der Waals surface area (Å²) in [4.78, 5) is 65.5. The van der Waals surface area contributed by atoms with E-state index in [0.29, 0.717) is 61.7 Å². The van der Waals surface area contributed by atoms with Crippen LogP contribution in [0.4, 0.5) is 28.9 Å². The Hall–Kier alpha value is -5.78. The molecule has 1 heterocycles. The largest absolute Gasteiger partial charge is 0.355 e. The summed E-state index contributed by atoms with van der Waals surface area (Å²) in [7, 11) is 5.63. The van der Waals surface area contributed by atoms with Crippen molar-refractivity contribution in [2.24, 2.45) is 10.5 Å². The second-order valence-corrected chi connectivity index (χ2v) is 15.2. The second-order valence-electron chi connectivity index (χ2n) is 15.2. The summed E-state index contributed by atoms with van der Waals surface area (Å²) >= 11 is 0. The van der Waals surface area contributed by atoms with Crippen LogP contribution in [-0.2, 0) is 39.9 Å². The summed E-state index contributed by atoms with van der Waals surface area (Å²) < 4.78 is 69.4. The zero-order valence-corrected chi connectivity index (χ0v) is 34.3. The molecule has 1 saturated heterocycles. The predicted molar refractivity (Wildman–Crippen MR) is 212 cm³/mol. The topological polar surface area (TPSA) is 233 Å². The number of unbranched alkanes of at least 4 members (excludes halogenated alkanes) is 4. The first-order chi connectivity index (χ1) is 29.0. The molecule has 6 N–H and O–H groups in total. The average Bonchev–Trinajstić information content (AvgIpc) is 3.23. The van der Waals surface area contributed by atoms with Crippen molar-refractivity contribution in [3.63, 3.8) is 0 Å². The number of rotatable bonds is 23. The lowest BCUT2D eigenvalue weighted by molar-refractivity contribution is -0.886. The molecule has 1 aliphatic heterocycles. The first kappa shape index (κ1) is 49.6. The number of terminal acetylenes is 1. The van der Waals surface area contributed by atoms with E-state index in [4.69, 9.17) is 26.6 Å². The fourth-order valence-corrected chi connectivity index (χ4v) is 6.45. The van der Waals surface area contributed by atoms with E-state index in [1.54, 1.807) is 17.6 Å². The number of quaternary nitrogens is 1. The number of hydrogen-bond donors (Lipinski definition) is 6. The van der Waals surface area contributed by atoms with Gasteiger partial charge in [-0.15, -0.1) is 6.42 Å². The highest BCUT2D eigenvalue weighted by molar-refractivity contribution is 6.05. The third-order valence-electron chi connectivity index (χ3n) is 9.90. The number of halogens is 4. The smallest absolute Gasteiger partial charge is 0.278 e. The van der Waals surface area contributed by atoms with Crippen LogP contribution in [0.3, 0.4) is 0 Å². The quantitative estimate of drug-likeness (QED) is 0.00796. The van der Waals surface area contributed by atoms with Crippen LogP contribution in [0.5, 0.6) is 0 Å². The van der Waals surface area contributed by atoms with Crippen molar-refractivity contribution in [3.05, 3.63) is 69.1 Å². The number of anilines is 1. The number of likely N-dealkylation sites (N-methyl/N-ethyl adjacent to an activating group) is 1. The Morgan fingerprint density at radius 1 is 0.869 bits per heavy atom. The number of nitrogens with zero attached hydrogens (tertiary/aromatic N) is 4. The van der Waals surface area contributed by atoms with Crippen LogP contribution in [0.2, 0.25) is 0 Å². The molecule has 0 unspecified atom stereocenters. The number of ether oxygens (including phenoxy) is 2. The van der Waals surface area contributed by atoms with Crippen LogP contribution in [0.1, 0.15) is 75.2 Å². The van der Waals surface area contributed by atoms with E-state index in [1.807, 2.05) is 33.3 Å². The van der Waals surface area contributed by atoms with Crippen LogP contribution in [0.15, 0.2) is 29.4 Å². The van der Waals surface area contributed by atoms with Gasteiger partial charge < -0.3 is 35.2 Å². The van der Waals surface area contributed by atoms with E-state index in [1.165, 1.54) is 0 Å². The van der Waals surface area contributed by atoms with Crippen molar-refractivity contribution in [2.45, 2.75) is 76.5 Å². The van der Waals surface area contributed by atoms with Gasteiger partial charge in [-0.25, -0.2) is 23.0 Å². The van der Waals surface area contributed by atoms with Crippen LogP contribution < -0.4 is 26.7 Å². The fraction of sp³-hybridized carbons (Fsp3) is 0.525. The van der Waals surface area contributed by atoms with Gasteiger partial charge in [0.1, 0.15) is 5.69 Å². The third-order valence-corrected chi connectivity index (χ3v) is 9.90. The number of carbonyl (C=O) groups excluding carboxylic acids is 5. The number of hydroxylamine groups is 1. The summed E-state index contributed by atoms with van der Waals surface area (Å²) in [6.45, 7) is -1.55. The Labute approximate surface area is 350 Å². The minimum absolute atomic E-state index is 0.0440. The normalized spacial score (nSPS) is 16.6. The van der Waals surface area contributed by atoms with Crippen LogP contribution >= 0.6 is 0 Å². The molecule has 1 fully saturated rings. The van der Waals surface area contributed by atoms with Crippen molar-refractivity contribution in [1.82, 2.24) is 21.4 Å². The number of benzene rings is 2. The Bertz CT molecular complexity index is 1930. The summed E-state index contributed by atoms with van der Waals surface area (Å²) in [5.74, 6) is -8.28. The molecule has 3 rings (SSSR count). The SMILES string of the molecule is C#CCNC(=O)C1(C(=O)NCCCC[C@@H](C(=O)NCCc2ccc(NC(=O)CCCCCCC(=O)NO)cc2)[N+](C)(C)C)COC(c2c(F)c(F)c(N=[N+]=[N-])c(F)c2F)OC1. The van der Waals surface area contributed by atoms with Gasteiger partial charge in [0.25, 0.3) is 5.91 Å². The molecule has 332 valence electrons. The molecule has 17 nitrogen and oxygen atoms in total. The standard InChI is InChI=1S/C40H51F4N9O8/c1-5-20-47-38(57)40(23-60-37(61-24-40)30-31(41)33(43)35(50-52-45)34(44)32(30)42)39(58)48-21-11-10-12-27(53(2,3)4)36(56)46-22-19-25-15-17-26(18-16-25)49-28(54)13-8-6-7-9-14-29(55)51-59/h1,15-18,27,37H,6-14,19-24H2,2-4H3,(H5-,46,47,48,49,51,54,55,56,57,58,59)/p+1/t27-,37?,40?/m0/s1. The van der Waals surface area contributed by atoms with E-state index in [9.17, 15) is 41.5 Å². The lowest BCUT2D eigenvalue weighted by Gasteiger charge is -2.37. The Morgan fingerprint density at radius 2 is 1.46 bits per heavy atom. The predicted octanol–water partition coefficient (Wildman–Crippen LogP) is 4.47. The van der Waals surface area contributed by atoms with Gasteiger partial charge in [0.15, 0.2) is 41.0 Å². The zero-order valence-electron chi connectivity index (χ0n) is 34.3. The van der Waals surface area contributed by atoms with E-state index in [0.717, 1.165) is 18.4 Å². The molecule has 5 amide bonds. The molecular formula is C40H52F4N9O8+. The van der Waals surface area contributed by atoms with Crippen LogP contribution in [0.25, 0.3) is 10.4 Å². The van der Waals surface area contributed by atoms with E-state index < -0.39 is 83.2 Å². The molecule has 1 atom stereocenters. The highest BCUT2D eigenvalue weighted by Gasteiger charge is 2.51. The van der Waals surface area contributed by atoms with Gasteiger partial charge in [0.2, 0.25) is 23.6 Å². The number of carbonyl (C=O) groups is 5. The Morgan fingerprint density at radius 3 is 2.02 bits per heavy atom. The second kappa shape index (κ2) is 23.9. The molecular weight excluding hydrogens is 810 g/mol. The molecule has 0 bridgehead atoms. The van der Waals surface area contributed by atoms with E-state index in [-0.39, 0.29) is 31.3 Å². The van der Waals surface area contributed by atoms with Crippen molar-refractivity contribution in [1.29, 1.82) is 0 Å². The fourth-order valence-electron chi connectivity index (χ4n) is 6.45. The summed E-state index contributed by atoms with van der Waals surface area (Å²) in [5.41, 5.74) is 6.68. The highest BCUT2D eigenvalue weighted by Crippen LogP contribution is 2.39. The van der Waals surface area contributed by atoms with Gasteiger partial charge in [-0.2, -0.15) is 0 Å². The lowest BCUT2D eigenvalue weighted by Crippen LogP contribution is -2.59. The van der Waals surface area contributed by atoms with Gasteiger partial charge in [-0.1, -0.05) is 36.0 Å². The van der Waals surface area contributed by atoms with Gasteiger partial charge in [-0.3, -0.25) is 29.2 Å². The molecule has 0 saturated carbocycles. The lowest BCUT2D eigenvalue weighted by atomic mass is 9.86. The third kappa shape index (κ3) is 14.2. The zero-order chi connectivity index (χ0) is 45.2. The Balaban J connectivity index is 1.49. The maximum absolute atomic E-state index is 14.8. The Kier molecular flexibility index (Phi) is 19.4. The first-order valence-corrected chi connectivity index (χ1v) is 19.5.